The first-order valence-corrected chi connectivity index (χ1v) is 5.21. The van der Waals surface area contributed by atoms with E-state index in [1.54, 1.807) is 6.07 Å². The van der Waals surface area contributed by atoms with Gasteiger partial charge in [-0.1, -0.05) is 21.0 Å². The molecule has 0 amide bonds. The predicted octanol–water partition coefficient (Wildman–Crippen LogP) is 1.86. The Morgan fingerprint density at radius 2 is 2.12 bits per heavy atom. The van der Waals surface area contributed by atoms with Crippen molar-refractivity contribution in [2.24, 2.45) is 5.11 Å². The SMILES string of the molecule is [N-]=[N+]=NCC(O)C(O)c1cc(Br)ccc1O. The van der Waals surface area contributed by atoms with Crippen molar-refractivity contribution in [1.82, 2.24) is 0 Å². The topological polar surface area (TPSA) is 109 Å². The van der Waals surface area contributed by atoms with Crippen LogP contribution in [0.4, 0.5) is 0 Å². The number of halogens is 1. The van der Waals surface area contributed by atoms with Gasteiger partial charge in [-0.05, 0) is 23.7 Å². The Labute approximate surface area is 99.9 Å². The Morgan fingerprint density at radius 3 is 2.75 bits per heavy atom. The zero-order chi connectivity index (χ0) is 12.1. The van der Waals surface area contributed by atoms with Crippen LogP contribution in [0, 0.1) is 0 Å². The van der Waals surface area contributed by atoms with E-state index >= 15 is 0 Å². The highest BCUT2D eigenvalue weighted by Gasteiger charge is 2.20. The van der Waals surface area contributed by atoms with Gasteiger partial charge in [0, 0.05) is 14.9 Å². The van der Waals surface area contributed by atoms with Crippen molar-refractivity contribution in [2.45, 2.75) is 12.2 Å². The molecule has 0 saturated carbocycles. The van der Waals surface area contributed by atoms with Gasteiger partial charge in [0.1, 0.15) is 11.9 Å². The standard InChI is InChI=1S/C9H10BrN3O3/c10-5-1-2-7(14)6(3-5)9(16)8(15)4-12-13-11/h1-3,8-9,14-16H,4H2. The molecule has 2 atom stereocenters. The maximum atomic E-state index is 9.71. The number of phenols is 1. The first-order chi connectivity index (χ1) is 7.56. The number of nitrogens with zero attached hydrogens (tertiary/aromatic N) is 3. The average molecular weight is 288 g/mol. The van der Waals surface area contributed by atoms with Gasteiger partial charge in [0.15, 0.2) is 0 Å². The summed E-state index contributed by atoms with van der Waals surface area (Å²) in [4.78, 5) is 2.47. The van der Waals surface area contributed by atoms with Gasteiger partial charge in [-0.3, -0.25) is 0 Å². The van der Waals surface area contributed by atoms with Crippen LogP contribution in [0.25, 0.3) is 10.4 Å². The molecule has 0 fully saturated rings. The quantitative estimate of drug-likeness (QED) is 0.447. The summed E-state index contributed by atoms with van der Waals surface area (Å²) in [6.07, 6.45) is -2.56. The monoisotopic (exact) mass is 287 g/mol. The molecule has 0 radical (unpaired) electrons. The molecule has 1 rings (SSSR count). The first kappa shape index (κ1) is 12.8. The summed E-state index contributed by atoms with van der Waals surface area (Å²) in [6.45, 7) is -0.260. The maximum absolute atomic E-state index is 9.71. The minimum Gasteiger partial charge on any atom is -0.508 e. The maximum Gasteiger partial charge on any atom is 0.121 e. The van der Waals surface area contributed by atoms with E-state index in [1.165, 1.54) is 12.1 Å². The molecule has 6 nitrogen and oxygen atoms in total. The number of hydrogen-bond donors (Lipinski definition) is 3. The number of benzene rings is 1. The zero-order valence-electron chi connectivity index (χ0n) is 8.16. The number of aliphatic hydroxyl groups excluding tert-OH is 2. The van der Waals surface area contributed by atoms with E-state index < -0.39 is 12.2 Å². The molecule has 0 aromatic heterocycles. The second-order valence-electron chi connectivity index (χ2n) is 3.13. The second kappa shape index (κ2) is 5.72. The Bertz CT molecular complexity index is 420. The third kappa shape index (κ3) is 3.11. The Morgan fingerprint density at radius 1 is 1.44 bits per heavy atom. The van der Waals surface area contributed by atoms with Crippen LogP contribution in [0.2, 0.25) is 0 Å². The molecule has 16 heavy (non-hydrogen) atoms. The number of rotatable bonds is 4. The van der Waals surface area contributed by atoms with Gasteiger partial charge in [-0.15, -0.1) is 0 Å². The second-order valence-corrected chi connectivity index (χ2v) is 4.04. The van der Waals surface area contributed by atoms with Crippen LogP contribution in [-0.4, -0.2) is 28.0 Å². The van der Waals surface area contributed by atoms with Crippen LogP contribution in [-0.2, 0) is 0 Å². The summed E-state index contributed by atoms with van der Waals surface area (Å²) in [5, 5.41) is 31.8. The van der Waals surface area contributed by atoms with Gasteiger partial charge in [0.05, 0.1) is 12.6 Å². The molecule has 1 aromatic carbocycles. The van der Waals surface area contributed by atoms with Crippen molar-refractivity contribution < 1.29 is 15.3 Å². The average Bonchev–Trinajstić information content (AvgIpc) is 2.28. The van der Waals surface area contributed by atoms with E-state index in [-0.39, 0.29) is 17.9 Å². The molecular formula is C9H10BrN3O3. The van der Waals surface area contributed by atoms with Crippen LogP contribution in [0.15, 0.2) is 27.8 Å². The molecule has 0 saturated heterocycles. The lowest BCUT2D eigenvalue weighted by atomic mass is 10.0. The van der Waals surface area contributed by atoms with Crippen molar-refractivity contribution in [3.05, 3.63) is 38.7 Å². The summed E-state index contributed by atoms with van der Waals surface area (Å²) < 4.78 is 0.662. The summed E-state index contributed by atoms with van der Waals surface area (Å²) in [5.74, 6) is -0.129. The minimum atomic E-state index is -1.30. The van der Waals surface area contributed by atoms with Crippen molar-refractivity contribution in [1.29, 1.82) is 0 Å². The van der Waals surface area contributed by atoms with Gasteiger partial charge in [-0.2, -0.15) is 0 Å². The van der Waals surface area contributed by atoms with E-state index in [9.17, 15) is 15.3 Å². The van der Waals surface area contributed by atoms with Gasteiger partial charge in [0.25, 0.3) is 0 Å². The third-order valence-corrected chi connectivity index (χ3v) is 2.50. The summed E-state index contributed by atoms with van der Waals surface area (Å²) in [5.41, 5.74) is 8.25. The molecule has 0 aliphatic carbocycles. The molecule has 2 unspecified atom stereocenters. The number of azide groups is 1. The lowest BCUT2D eigenvalue weighted by molar-refractivity contribution is 0.0230. The largest absolute Gasteiger partial charge is 0.508 e. The molecule has 7 heteroatoms. The molecule has 1 aromatic rings. The zero-order valence-corrected chi connectivity index (χ0v) is 9.74. The first-order valence-electron chi connectivity index (χ1n) is 4.41. The lowest BCUT2D eigenvalue weighted by Gasteiger charge is -2.17. The fourth-order valence-electron chi connectivity index (χ4n) is 1.19. The smallest absolute Gasteiger partial charge is 0.121 e. The van der Waals surface area contributed by atoms with E-state index in [1.807, 2.05) is 0 Å². The van der Waals surface area contributed by atoms with Gasteiger partial charge in [0.2, 0.25) is 0 Å². The van der Waals surface area contributed by atoms with E-state index in [2.05, 4.69) is 26.0 Å². The molecule has 0 aliphatic rings. The number of phenolic OH excluding ortho intramolecular Hbond substituents is 1. The molecule has 3 N–H and O–H groups in total. The summed E-state index contributed by atoms with van der Waals surface area (Å²) in [7, 11) is 0. The van der Waals surface area contributed by atoms with Gasteiger partial charge >= 0.3 is 0 Å². The Kier molecular flexibility index (Phi) is 4.57. The molecular weight excluding hydrogens is 278 g/mol. The third-order valence-electron chi connectivity index (χ3n) is 2.00. The van der Waals surface area contributed by atoms with Crippen LogP contribution in [0.1, 0.15) is 11.7 Å². The highest BCUT2D eigenvalue weighted by Crippen LogP contribution is 2.29. The van der Waals surface area contributed by atoms with Crippen LogP contribution < -0.4 is 0 Å². The molecule has 0 bridgehead atoms. The highest BCUT2D eigenvalue weighted by molar-refractivity contribution is 9.10. The van der Waals surface area contributed by atoms with Crippen LogP contribution in [0.5, 0.6) is 5.75 Å². The van der Waals surface area contributed by atoms with Crippen molar-refractivity contribution in [3.8, 4) is 5.75 Å². The Hall–Kier alpha value is -1.27. The molecule has 0 spiro atoms. The van der Waals surface area contributed by atoms with E-state index in [0.717, 1.165) is 0 Å². The normalized spacial score (nSPS) is 13.9. The van der Waals surface area contributed by atoms with Crippen LogP contribution in [0.3, 0.4) is 0 Å². The molecule has 0 heterocycles. The van der Waals surface area contributed by atoms with Gasteiger partial charge in [-0.25, -0.2) is 0 Å². The predicted molar refractivity (Wildman–Crippen MR) is 60.8 cm³/mol. The lowest BCUT2D eigenvalue weighted by Crippen LogP contribution is -2.21. The Balaban J connectivity index is 2.90. The van der Waals surface area contributed by atoms with Crippen molar-refractivity contribution in [2.75, 3.05) is 6.54 Å². The summed E-state index contributed by atoms with van der Waals surface area (Å²) >= 11 is 3.18. The number of aliphatic hydroxyl groups is 2. The summed E-state index contributed by atoms with van der Waals surface area (Å²) in [6, 6.07) is 4.48. The van der Waals surface area contributed by atoms with E-state index in [4.69, 9.17) is 5.53 Å². The van der Waals surface area contributed by atoms with Crippen molar-refractivity contribution in [3.63, 3.8) is 0 Å². The van der Waals surface area contributed by atoms with Crippen LogP contribution >= 0.6 is 15.9 Å². The van der Waals surface area contributed by atoms with Crippen molar-refractivity contribution >= 4 is 15.9 Å². The number of aromatic hydroxyl groups is 1. The minimum absolute atomic E-state index is 0.129. The fraction of sp³-hybridized carbons (Fsp3) is 0.333. The molecule has 0 aliphatic heterocycles. The fourth-order valence-corrected chi connectivity index (χ4v) is 1.57. The van der Waals surface area contributed by atoms with Gasteiger partial charge < -0.3 is 15.3 Å². The number of hydrogen-bond acceptors (Lipinski definition) is 4. The highest BCUT2D eigenvalue weighted by atomic mass is 79.9. The van der Waals surface area contributed by atoms with E-state index in [0.29, 0.717) is 4.47 Å². The molecule has 86 valence electrons.